The Balaban J connectivity index is 1.67. The van der Waals surface area contributed by atoms with Gasteiger partial charge in [-0.3, -0.25) is 9.59 Å². The lowest BCUT2D eigenvalue weighted by atomic mass is 9.93. The number of aliphatic hydroxyl groups is 1. The number of thioether (sulfide) groups is 1. The molecule has 9 nitrogen and oxygen atoms in total. The van der Waals surface area contributed by atoms with Gasteiger partial charge in [0, 0.05) is 67.6 Å². The van der Waals surface area contributed by atoms with Crippen molar-refractivity contribution in [2.45, 2.75) is 49.5 Å². The number of benzene rings is 2. The summed E-state index contributed by atoms with van der Waals surface area (Å²) in [6, 6.07) is 5.21. The lowest BCUT2D eigenvalue weighted by molar-refractivity contribution is -0.137. The number of likely N-dealkylation sites (N-methyl/N-ethyl adjacent to an activating group) is 1. The third-order valence-electron chi connectivity index (χ3n) is 8.14. The molecule has 2 aromatic carbocycles. The summed E-state index contributed by atoms with van der Waals surface area (Å²) in [6.45, 7) is 7.57. The van der Waals surface area contributed by atoms with Crippen molar-refractivity contribution in [3.63, 3.8) is 0 Å². The van der Waals surface area contributed by atoms with Crippen molar-refractivity contribution >= 4 is 35.1 Å². The minimum absolute atomic E-state index is 0.0499. The van der Waals surface area contributed by atoms with Gasteiger partial charge in [0.2, 0.25) is 18.2 Å². The maximum absolute atomic E-state index is 14.9. The molecule has 0 aliphatic carbocycles. The van der Waals surface area contributed by atoms with Gasteiger partial charge in [0.1, 0.15) is 18.3 Å². The van der Waals surface area contributed by atoms with E-state index in [-0.39, 0.29) is 83.3 Å². The van der Waals surface area contributed by atoms with Crippen molar-refractivity contribution in [3.8, 4) is 11.1 Å². The highest BCUT2D eigenvalue weighted by Gasteiger charge is 2.44. The van der Waals surface area contributed by atoms with Crippen LogP contribution in [0.25, 0.3) is 11.1 Å². The van der Waals surface area contributed by atoms with Crippen LogP contribution in [0.15, 0.2) is 52.9 Å². The Kier molecular flexibility index (Phi) is 9.20. The number of rotatable bonds is 5. The van der Waals surface area contributed by atoms with E-state index in [2.05, 4.69) is 11.6 Å². The van der Waals surface area contributed by atoms with Crippen molar-refractivity contribution in [1.82, 2.24) is 14.7 Å². The van der Waals surface area contributed by atoms with E-state index in [9.17, 15) is 32.3 Å². The Hall–Kier alpha value is -3.62. The number of amides is 2. The molecule has 1 unspecified atom stereocenters. The van der Waals surface area contributed by atoms with Crippen LogP contribution in [-0.2, 0) is 20.5 Å². The summed E-state index contributed by atoms with van der Waals surface area (Å²) in [5.74, 6) is -0.772. The first-order valence-corrected chi connectivity index (χ1v) is 15.4. The summed E-state index contributed by atoms with van der Waals surface area (Å²) < 4.78 is 64.5. The number of halogens is 4. The molecule has 14 heteroatoms. The molecule has 1 N–H and O–H groups in total. The molecule has 2 aromatic rings. The minimum atomic E-state index is -4.79. The van der Waals surface area contributed by atoms with E-state index in [0.717, 1.165) is 30.0 Å². The van der Waals surface area contributed by atoms with E-state index in [0.29, 0.717) is 5.69 Å². The van der Waals surface area contributed by atoms with Crippen LogP contribution >= 0.6 is 11.8 Å². The fourth-order valence-electron chi connectivity index (χ4n) is 6.08. The molecule has 0 aromatic heterocycles. The lowest BCUT2D eigenvalue weighted by Crippen LogP contribution is -2.60. The normalized spacial score (nSPS) is 23.2. The Bertz CT molecular complexity index is 1500. The summed E-state index contributed by atoms with van der Waals surface area (Å²) in [6.07, 6.45) is -5.68. The first kappa shape index (κ1) is 32.8. The summed E-state index contributed by atoms with van der Waals surface area (Å²) in [5, 5.41) is 11.4. The molecule has 1 fully saturated rings. The average Bonchev–Trinajstić information content (AvgIpc) is 3.17. The van der Waals surface area contributed by atoms with Crippen molar-refractivity contribution in [2.75, 3.05) is 51.0 Å². The molecule has 5 rings (SSSR count). The molecule has 3 aliphatic rings. The predicted molar refractivity (Wildman–Crippen MR) is 163 cm³/mol. The summed E-state index contributed by atoms with van der Waals surface area (Å²) in [5.41, 5.74) is -0.386. The van der Waals surface area contributed by atoms with Gasteiger partial charge in [-0.15, -0.1) is 11.8 Å². The van der Waals surface area contributed by atoms with Gasteiger partial charge in [-0.2, -0.15) is 13.2 Å². The van der Waals surface area contributed by atoms with Crippen molar-refractivity contribution in [3.05, 3.63) is 59.9 Å². The molecule has 0 radical (unpaired) electrons. The number of hydrogen-bond acceptors (Lipinski definition) is 8. The zero-order valence-electron chi connectivity index (χ0n) is 25.3. The molecular weight excluding hydrogens is 614 g/mol. The van der Waals surface area contributed by atoms with Crippen LogP contribution in [-0.4, -0.2) is 108 Å². The number of aliphatic hydroxyl groups excluding tert-OH is 1. The Morgan fingerprint density at radius 1 is 1.16 bits per heavy atom. The first-order valence-electron chi connectivity index (χ1n) is 14.4. The number of amidine groups is 1. The van der Waals surface area contributed by atoms with E-state index >= 15 is 0 Å². The number of piperazine rings is 1. The van der Waals surface area contributed by atoms with E-state index in [1.54, 1.807) is 23.9 Å². The minimum Gasteiger partial charge on any atom is -0.366 e. The van der Waals surface area contributed by atoms with Gasteiger partial charge in [0.25, 0.3) is 0 Å². The maximum Gasteiger partial charge on any atom is 0.417 e. The Labute approximate surface area is 263 Å². The van der Waals surface area contributed by atoms with Gasteiger partial charge in [-0.1, -0.05) is 18.7 Å². The van der Waals surface area contributed by atoms with E-state index in [1.165, 1.54) is 28.0 Å². The van der Waals surface area contributed by atoms with Crippen LogP contribution in [0.3, 0.4) is 0 Å². The van der Waals surface area contributed by atoms with Crippen LogP contribution in [0.1, 0.15) is 25.0 Å². The van der Waals surface area contributed by atoms with Crippen LogP contribution < -0.4 is 4.90 Å². The van der Waals surface area contributed by atoms with E-state index in [1.807, 2.05) is 13.8 Å². The molecule has 0 bridgehead atoms. The lowest BCUT2D eigenvalue weighted by Gasteiger charge is -2.47. The maximum atomic E-state index is 14.9. The number of carbonyl (C=O) groups is 2. The first-order chi connectivity index (χ1) is 21.2. The molecule has 1 saturated heterocycles. The monoisotopic (exact) mass is 649 g/mol. The second kappa shape index (κ2) is 12.6. The second-order valence-corrected chi connectivity index (χ2v) is 12.6. The quantitative estimate of drug-likeness (QED) is 0.387. The number of nitrogens with zero attached hydrogens (tertiary/aromatic N) is 5. The van der Waals surface area contributed by atoms with Crippen LogP contribution in [0.5, 0.6) is 0 Å². The van der Waals surface area contributed by atoms with Gasteiger partial charge in [0.05, 0.1) is 17.4 Å². The molecule has 4 atom stereocenters. The Morgan fingerprint density at radius 2 is 1.80 bits per heavy atom. The standard InChI is InChI=1S/C31H35F4N5O4S/c1-6-24(41)40-17(2)12-38(13-18(40)3)29-22-11-23(31(33,34)35)26(19-7-9-20(32)10-8-19)28-27(22)39(30(43)36-29)14-21(16-45-28)44-15-25(42)37(4)5/h6-11,17-18,21,30,43H,1,12-16H2,2-5H3/t17-,18+,21-,30?/m0/s1. The van der Waals surface area contributed by atoms with E-state index < -0.39 is 30.0 Å². The highest BCUT2D eigenvalue weighted by molar-refractivity contribution is 7.99. The van der Waals surface area contributed by atoms with Gasteiger partial charge in [-0.25, -0.2) is 9.38 Å². The fraction of sp³-hybridized carbons (Fsp3) is 0.452. The zero-order chi connectivity index (χ0) is 32.8. The molecule has 0 saturated carbocycles. The molecule has 3 heterocycles. The SMILES string of the molecule is C=CC(=O)N1[C@H](C)CN(C2=NC(O)N3C[C@H](OCC(=O)N(C)C)CSc4c(-c5ccc(F)cc5)c(C(F)(F)F)cc2c43)C[C@@H]1C. The largest absolute Gasteiger partial charge is 0.417 e. The van der Waals surface area contributed by atoms with Crippen molar-refractivity contribution in [2.24, 2.45) is 4.99 Å². The van der Waals surface area contributed by atoms with E-state index in [4.69, 9.17) is 4.74 Å². The molecule has 0 spiro atoms. The Morgan fingerprint density at radius 3 is 2.38 bits per heavy atom. The fourth-order valence-corrected chi connectivity index (χ4v) is 7.37. The third kappa shape index (κ3) is 6.40. The summed E-state index contributed by atoms with van der Waals surface area (Å²) in [7, 11) is 3.17. The topological polar surface area (TPSA) is 88.9 Å². The van der Waals surface area contributed by atoms with Gasteiger partial charge in [0.15, 0.2) is 0 Å². The van der Waals surface area contributed by atoms with Crippen molar-refractivity contribution in [1.29, 1.82) is 0 Å². The molecule has 2 amide bonds. The smallest absolute Gasteiger partial charge is 0.366 e. The van der Waals surface area contributed by atoms with Gasteiger partial charge in [-0.05, 0) is 43.7 Å². The highest BCUT2D eigenvalue weighted by Crippen LogP contribution is 2.51. The van der Waals surface area contributed by atoms with Crippen LogP contribution in [0.2, 0.25) is 0 Å². The third-order valence-corrected chi connectivity index (χ3v) is 9.37. The van der Waals surface area contributed by atoms with Gasteiger partial charge < -0.3 is 29.4 Å². The zero-order valence-corrected chi connectivity index (χ0v) is 26.2. The predicted octanol–water partition coefficient (Wildman–Crippen LogP) is 4.04. The molecule has 3 aliphatic heterocycles. The number of ether oxygens (including phenoxy) is 1. The number of hydrogen-bond donors (Lipinski definition) is 1. The average molecular weight is 650 g/mol. The summed E-state index contributed by atoms with van der Waals surface area (Å²) >= 11 is 1.13. The van der Waals surface area contributed by atoms with Crippen molar-refractivity contribution < 1.29 is 37.0 Å². The number of anilines is 1. The highest BCUT2D eigenvalue weighted by atomic mass is 32.2. The van der Waals surface area contributed by atoms with Crippen LogP contribution in [0, 0.1) is 5.82 Å². The van der Waals surface area contributed by atoms with Crippen LogP contribution in [0.4, 0.5) is 23.2 Å². The molecule has 45 heavy (non-hydrogen) atoms. The second-order valence-electron chi connectivity index (χ2n) is 11.6. The van der Waals surface area contributed by atoms with Gasteiger partial charge >= 0.3 is 6.18 Å². The number of carbonyl (C=O) groups excluding carboxylic acids is 2. The molecule has 242 valence electrons. The number of aliphatic imine (C=N–C) groups is 1. The number of alkyl halides is 3. The summed E-state index contributed by atoms with van der Waals surface area (Å²) in [4.78, 5) is 35.9. The molecular formula is C31H35F4N5O4S.